The number of hydrogen-bond donors (Lipinski definition) is 0. The van der Waals surface area contributed by atoms with Gasteiger partial charge in [0.25, 0.3) is 0 Å². The van der Waals surface area contributed by atoms with Crippen LogP contribution in [0.4, 0.5) is 17.1 Å². The standard InChI is InChI=1S/C55H43NO/c1-55(2)51-23-12-11-21-45(51)46-31-29-43(34-52(46)55)56(42-19-13-18-39(32-42)36-14-5-3-6-15-36)41-27-24-37(25-28-41)40-26-30-47-50-35-49(38-16-7-4-8-17-38)44-20-9-10-22-48(44)54(50)57-53(47)33-40/h3-8,10-14,16-19,21-36H,9,15,20H2,1-2H3. The maximum absolute atomic E-state index is 6.75. The molecule has 1 heterocycles. The molecule has 7 aromatic carbocycles. The van der Waals surface area contributed by atoms with Crippen molar-refractivity contribution in [2.24, 2.45) is 0 Å². The summed E-state index contributed by atoms with van der Waals surface area (Å²) in [7, 11) is 0. The van der Waals surface area contributed by atoms with Crippen LogP contribution in [-0.4, -0.2) is 0 Å². The minimum atomic E-state index is -0.0907. The summed E-state index contributed by atoms with van der Waals surface area (Å²) in [4.78, 5) is 2.43. The van der Waals surface area contributed by atoms with Crippen molar-refractivity contribution in [1.29, 1.82) is 0 Å². The second-order valence-corrected chi connectivity index (χ2v) is 16.3. The lowest BCUT2D eigenvalue weighted by molar-refractivity contribution is 0.660. The van der Waals surface area contributed by atoms with Crippen LogP contribution in [0.1, 0.15) is 60.4 Å². The lowest BCUT2D eigenvalue weighted by Crippen LogP contribution is -2.16. The molecule has 0 fully saturated rings. The third kappa shape index (κ3) is 5.54. The first-order chi connectivity index (χ1) is 28.0. The smallest absolute Gasteiger partial charge is 0.142 e. The molecule has 57 heavy (non-hydrogen) atoms. The number of furan rings is 1. The zero-order valence-corrected chi connectivity index (χ0v) is 32.4. The molecule has 0 aliphatic heterocycles. The third-order valence-corrected chi connectivity index (χ3v) is 12.7. The monoisotopic (exact) mass is 733 g/mol. The van der Waals surface area contributed by atoms with Crippen LogP contribution in [0.3, 0.4) is 0 Å². The molecule has 1 unspecified atom stereocenters. The maximum atomic E-state index is 6.75. The number of allylic oxidation sites excluding steroid dienone is 5. The molecule has 3 aliphatic rings. The summed E-state index contributed by atoms with van der Waals surface area (Å²) in [5.74, 6) is 0.368. The van der Waals surface area contributed by atoms with Gasteiger partial charge in [0.05, 0.1) is 0 Å². The molecular weight excluding hydrogens is 691 g/mol. The zero-order chi connectivity index (χ0) is 38.1. The molecular formula is C55H43NO. The normalized spacial score (nSPS) is 16.1. The highest BCUT2D eigenvalue weighted by Gasteiger charge is 2.35. The molecule has 0 spiro atoms. The second-order valence-electron chi connectivity index (χ2n) is 16.3. The van der Waals surface area contributed by atoms with E-state index < -0.39 is 0 Å². The first-order valence-corrected chi connectivity index (χ1v) is 20.3. The van der Waals surface area contributed by atoms with E-state index in [0.29, 0.717) is 5.92 Å². The summed E-state index contributed by atoms with van der Waals surface area (Å²) in [5, 5.41) is 2.33. The molecule has 8 aromatic rings. The van der Waals surface area contributed by atoms with Gasteiger partial charge in [0.1, 0.15) is 11.2 Å². The Hall–Kier alpha value is -6.64. The quantitative estimate of drug-likeness (QED) is 0.169. The molecule has 1 aromatic heterocycles. The molecule has 0 saturated heterocycles. The Morgan fingerprint density at radius 3 is 2.23 bits per heavy atom. The van der Waals surface area contributed by atoms with Gasteiger partial charge in [-0.25, -0.2) is 0 Å². The van der Waals surface area contributed by atoms with Gasteiger partial charge in [-0.05, 0) is 129 Å². The first kappa shape index (κ1) is 33.7. The van der Waals surface area contributed by atoms with Crippen LogP contribution in [0.25, 0.3) is 61.4 Å². The highest BCUT2D eigenvalue weighted by molar-refractivity contribution is 6.10. The summed E-state index contributed by atoms with van der Waals surface area (Å²) in [6.45, 7) is 4.72. The summed E-state index contributed by atoms with van der Waals surface area (Å²) in [6.07, 6.45) is 16.5. The Morgan fingerprint density at radius 1 is 0.579 bits per heavy atom. The fourth-order valence-corrected chi connectivity index (χ4v) is 9.71. The average molecular weight is 734 g/mol. The highest BCUT2D eigenvalue weighted by atomic mass is 16.3. The van der Waals surface area contributed by atoms with Crippen LogP contribution >= 0.6 is 0 Å². The molecule has 0 radical (unpaired) electrons. The number of hydrogen-bond acceptors (Lipinski definition) is 2. The van der Waals surface area contributed by atoms with E-state index >= 15 is 0 Å². The van der Waals surface area contributed by atoms with Crippen molar-refractivity contribution in [2.45, 2.75) is 44.4 Å². The SMILES string of the molecule is CC1(C)c2ccccc2-c2ccc(N(c3ccc(-c4ccc5c(c4)oc4c6c(c(-c7ccccc7)cc45)CCC=C6)cc3)c3cccc(C4C=CC=CC4)c3)cc21. The van der Waals surface area contributed by atoms with Gasteiger partial charge >= 0.3 is 0 Å². The highest BCUT2D eigenvalue weighted by Crippen LogP contribution is 2.51. The molecule has 274 valence electrons. The van der Waals surface area contributed by atoms with E-state index in [2.05, 4.69) is 201 Å². The molecule has 0 saturated carbocycles. The van der Waals surface area contributed by atoms with E-state index in [4.69, 9.17) is 4.42 Å². The van der Waals surface area contributed by atoms with Gasteiger partial charge in [-0.2, -0.15) is 0 Å². The minimum Gasteiger partial charge on any atom is -0.455 e. The predicted octanol–water partition coefficient (Wildman–Crippen LogP) is 15.3. The number of rotatable bonds is 6. The molecule has 11 rings (SSSR count). The van der Waals surface area contributed by atoms with Crippen LogP contribution in [0.2, 0.25) is 0 Å². The van der Waals surface area contributed by atoms with Crippen molar-refractivity contribution in [1.82, 2.24) is 0 Å². The number of fused-ring (bicyclic) bond motifs is 8. The van der Waals surface area contributed by atoms with Crippen molar-refractivity contribution in [3.05, 3.63) is 204 Å². The van der Waals surface area contributed by atoms with Crippen molar-refractivity contribution in [3.8, 4) is 33.4 Å². The fourth-order valence-electron chi connectivity index (χ4n) is 9.71. The van der Waals surface area contributed by atoms with E-state index in [9.17, 15) is 0 Å². The molecule has 0 bridgehead atoms. The topological polar surface area (TPSA) is 16.4 Å². The zero-order valence-electron chi connectivity index (χ0n) is 32.4. The van der Waals surface area contributed by atoms with E-state index in [1.165, 1.54) is 55.5 Å². The maximum Gasteiger partial charge on any atom is 0.142 e. The van der Waals surface area contributed by atoms with Gasteiger partial charge in [0.2, 0.25) is 0 Å². The largest absolute Gasteiger partial charge is 0.455 e. The number of benzene rings is 7. The third-order valence-electron chi connectivity index (χ3n) is 12.7. The van der Waals surface area contributed by atoms with E-state index in [1.54, 1.807) is 0 Å². The van der Waals surface area contributed by atoms with Crippen LogP contribution in [0.5, 0.6) is 0 Å². The van der Waals surface area contributed by atoms with Gasteiger partial charge in [0.15, 0.2) is 0 Å². The molecule has 0 amide bonds. The van der Waals surface area contributed by atoms with Gasteiger partial charge in [-0.1, -0.05) is 141 Å². The predicted molar refractivity (Wildman–Crippen MR) is 240 cm³/mol. The Bertz CT molecular complexity index is 2960. The summed E-state index contributed by atoms with van der Waals surface area (Å²) < 4.78 is 6.75. The summed E-state index contributed by atoms with van der Waals surface area (Å²) >= 11 is 0. The Balaban J connectivity index is 0.998. The molecule has 0 N–H and O–H groups in total. The summed E-state index contributed by atoms with van der Waals surface area (Å²) in [6, 6.07) is 54.0. The molecule has 3 aliphatic carbocycles. The molecule has 1 atom stereocenters. The molecule has 2 heteroatoms. The minimum absolute atomic E-state index is 0.0907. The lowest BCUT2D eigenvalue weighted by Gasteiger charge is -2.29. The molecule has 2 nitrogen and oxygen atoms in total. The Kier molecular flexibility index (Phi) is 7.83. The van der Waals surface area contributed by atoms with E-state index in [1.807, 2.05) is 0 Å². The van der Waals surface area contributed by atoms with Crippen molar-refractivity contribution in [2.75, 3.05) is 4.90 Å². The summed E-state index contributed by atoms with van der Waals surface area (Å²) in [5.41, 5.74) is 19.5. The van der Waals surface area contributed by atoms with Gasteiger partial charge < -0.3 is 9.32 Å². The lowest BCUT2D eigenvalue weighted by atomic mass is 9.82. The van der Waals surface area contributed by atoms with Crippen molar-refractivity contribution < 1.29 is 4.42 Å². The van der Waals surface area contributed by atoms with Gasteiger partial charge in [0, 0.05) is 44.7 Å². The number of nitrogens with zero attached hydrogens (tertiary/aromatic N) is 1. The second kappa shape index (κ2) is 13.2. The fraction of sp³-hybridized carbons (Fsp3) is 0.127. The van der Waals surface area contributed by atoms with Crippen LogP contribution in [0.15, 0.2) is 180 Å². The van der Waals surface area contributed by atoms with Gasteiger partial charge in [-0.3, -0.25) is 0 Å². The van der Waals surface area contributed by atoms with Crippen LogP contribution in [0, 0.1) is 0 Å². The average Bonchev–Trinajstić information content (AvgIpc) is 3.75. The first-order valence-electron chi connectivity index (χ1n) is 20.3. The van der Waals surface area contributed by atoms with Crippen molar-refractivity contribution in [3.63, 3.8) is 0 Å². The van der Waals surface area contributed by atoms with Crippen LogP contribution < -0.4 is 4.90 Å². The van der Waals surface area contributed by atoms with Crippen LogP contribution in [-0.2, 0) is 11.8 Å². The van der Waals surface area contributed by atoms with Crippen molar-refractivity contribution >= 4 is 45.1 Å². The van der Waals surface area contributed by atoms with E-state index in [-0.39, 0.29) is 5.41 Å². The number of anilines is 3. The Morgan fingerprint density at radius 2 is 1.37 bits per heavy atom. The van der Waals surface area contributed by atoms with E-state index in [0.717, 1.165) is 64.0 Å². The van der Waals surface area contributed by atoms with Gasteiger partial charge in [-0.15, -0.1) is 0 Å². The Labute approximate surface area is 334 Å².